The van der Waals surface area contributed by atoms with Crippen molar-refractivity contribution in [1.29, 1.82) is 0 Å². The van der Waals surface area contributed by atoms with Crippen LogP contribution in [-0.4, -0.2) is 25.3 Å². The van der Waals surface area contributed by atoms with E-state index < -0.39 is 0 Å². The molecule has 0 spiro atoms. The fraction of sp³-hybridized carbons (Fsp3) is 0.158. The van der Waals surface area contributed by atoms with Crippen molar-refractivity contribution in [2.24, 2.45) is 0 Å². The molecule has 6 nitrogen and oxygen atoms in total. The van der Waals surface area contributed by atoms with Gasteiger partial charge in [-0.2, -0.15) is 0 Å². The molecule has 0 bridgehead atoms. The summed E-state index contributed by atoms with van der Waals surface area (Å²) in [7, 11) is 3.22. The van der Waals surface area contributed by atoms with Gasteiger partial charge in [-0.25, -0.2) is 0 Å². The Balaban J connectivity index is 1.63. The number of nitrogens with zero attached hydrogens (tertiary/aromatic N) is 1. The number of methoxy groups -OCH3 is 2. The van der Waals surface area contributed by atoms with Crippen LogP contribution < -0.4 is 14.8 Å². The molecule has 0 fully saturated rings. The Morgan fingerprint density at radius 3 is 2.20 bits per heavy atom. The number of benzene rings is 2. The van der Waals surface area contributed by atoms with Crippen LogP contribution in [0.1, 0.15) is 16.1 Å². The molecule has 6 heteroatoms. The summed E-state index contributed by atoms with van der Waals surface area (Å²) >= 11 is 0. The van der Waals surface area contributed by atoms with Gasteiger partial charge in [0.15, 0.2) is 11.5 Å². The zero-order valence-electron chi connectivity index (χ0n) is 14.0. The number of amides is 1. The minimum atomic E-state index is -0.292. The molecule has 0 atom stereocenters. The molecule has 0 aliphatic carbocycles. The van der Waals surface area contributed by atoms with Gasteiger partial charge in [0.05, 0.1) is 14.2 Å². The average molecular weight is 338 g/mol. The first-order chi connectivity index (χ1) is 12.2. The minimum Gasteiger partial charge on any atom is -0.497 e. The SMILES string of the molecule is COc1ccc(CNC(=O)c2cc(-c3ccc(OC)cc3)on2)cc1. The number of hydrogen-bond acceptors (Lipinski definition) is 5. The maximum absolute atomic E-state index is 12.2. The van der Waals surface area contributed by atoms with Crippen molar-refractivity contribution in [3.8, 4) is 22.8 Å². The third kappa shape index (κ3) is 3.98. The van der Waals surface area contributed by atoms with Gasteiger partial charge in [-0.05, 0) is 42.0 Å². The van der Waals surface area contributed by atoms with Crippen molar-refractivity contribution in [2.45, 2.75) is 6.54 Å². The molecular formula is C19H18N2O4. The Morgan fingerprint density at radius 2 is 1.60 bits per heavy atom. The summed E-state index contributed by atoms with van der Waals surface area (Å²) in [6.45, 7) is 0.396. The summed E-state index contributed by atoms with van der Waals surface area (Å²) in [4.78, 5) is 12.2. The Labute approximate surface area is 145 Å². The molecule has 0 unspecified atom stereocenters. The van der Waals surface area contributed by atoms with Crippen molar-refractivity contribution in [3.05, 3.63) is 65.9 Å². The lowest BCUT2D eigenvalue weighted by molar-refractivity contribution is 0.0942. The van der Waals surface area contributed by atoms with E-state index in [0.717, 1.165) is 22.6 Å². The Hall–Kier alpha value is -3.28. The van der Waals surface area contributed by atoms with Gasteiger partial charge < -0.3 is 19.3 Å². The van der Waals surface area contributed by atoms with Crippen LogP contribution >= 0.6 is 0 Å². The normalized spacial score (nSPS) is 10.3. The van der Waals surface area contributed by atoms with Gasteiger partial charge in [0.25, 0.3) is 5.91 Å². The van der Waals surface area contributed by atoms with E-state index in [1.807, 2.05) is 48.5 Å². The van der Waals surface area contributed by atoms with E-state index in [4.69, 9.17) is 14.0 Å². The smallest absolute Gasteiger partial charge is 0.273 e. The summed E-state index contributed by atoms with van der Waals surface area (Å²) < 4.78 is 15.5. The maximum Gasteiger partial charge on any atom is 0.273 e. The fourth-order valence-corrected chi connectivity index (χ4v) is 2.29. The first-order valence-corrected chi connectivity index (χ1v) is 7.72. The third-order valence-electron chi connectivity index (χ3n) is 3.73. The van der Waals surface area contributed by atoms with E-state index in [2.05, 4.69) is 10.5 Å². The van der Waals surface area contributed by atoms with E-state index in [-0.39, 0.29) is 11.6 Å². The largest absolute Gasteiger partial charge is 0.497 e. The summed E-state index contributed by atoms with van der Waals surface area (Å²) in [6, 6.07) is 16.4. The Kier molecular flexibility index (Phi) is 4.99. The molecule has 2 aromatic carbocycles. The van der Waals surface area contributed by atoms with Crippen LogP contribution in [0, 0.1) is 0 Å². The topological polar surface area (TPSA) is 73.6 Å². The van der Waals surface area contributed by atoms with Crippen LogP contribution in [0.25, 0.3) is 11.3 Å². The van der Waals surface area contributed by atoms with Gasteiger partial charge in [0.1, 0.15) is 11.5 Å². The highest BCUT2D eigenvalue weighted by atomic mass is 16.5. The number of nitrogens with one attached hydrogen (secondary N) is 1. The molecule has 0 radical (unpaired) electrons. The molecule has 1 heterocycles. The van der Waals surface area contributed by atoms with Crippen molar-refractivity contribution < 1.29 is 18.8 Å². The Morgan fingerprint density at radius 1 is 1.00 bits per heavy atom. The second kappa shape index (κ2) is 7.53. The van der Waals surface area contributed by atoms with Gasteiger partial charge in [-0.3, -0.25) is 4.79 Å². The van der Waals surface area contributed by atoms with Gasteiger partial charge in [0.2, 0.25) is 0 Å². The van der Waals surface area contributed by atoms with E-state index in [9.17, 15) is 4.79 Å². The second-order valence-corrected chi connectivity index (χ2v) is 5.34. The number of rotatable bonds is 6. The quantitative estimate of drug-likeness (QED) is 0.746. The molecule has 0 saturated carbocycles. The first kappa shape index (κ1) is 16.6. The fourth-order valence-electron chi connectivity index (χ4n) is 2.29. The summed E-state index contributed by atoms with van der Waals surface area (Å²) in [5.74, 6) is 1.76. The standard InChI is InChI=1S/C19H18N2O4/c1-23-15-7-3-13(4-8-15)12-20-19(22)17-11-18(25-21-17)14-5-9-16(24-2)10-6-14/h3-11H,12H2,1-2H3,(H,20,22). The molecule has 0 aliphatic heterocycles. The molecule has 0 saturated heterocycles. The van der Waals surface area contributed by atoms with Crippen molar-refractivity contribution in [3.63, 3.8) is 0 Å². The van der Waals surface area contributed by atoms with E-state index in [1.165, 1.54) is 0 Å². The van der Waals surface area contributed by atoms with Gasteiger partial charge >= 0.3 is 0 Å². The minimum absolute atomic E-state index is 0.235. The lowest BCUT2D eigenvalue weighted by Crippen LogP contribution is -2.22. The zero-order chi connectivity index (χ0) is 17.6. The van der Waals surface area contributed by atoms with Crippen molar-refractivity contribution in [1.82, 2.24) is 10.5 Å². The zero-order valence-corrected chi connectivity index (χ0v) is 14.0. The highest BCUT2D eigenvalue weighted by Gasteiger charge is 2.13. The predicted octanol–water partition coefficient (Wildman–Crippen LogP) is 3.29. The van der Waals surface area contributed by atoms with Crippen LogP contribution in [0.2, 0.25) is 0 Å². The van der Waals surface area contributed by atoms with Crippen molar-refractivity contribution >= 4 is 5.91 Å². The van der Waals surface area contributed by atoms with Crippen LogP contribution in [0.4, 0.5) is 0 Å². The van der Waals surface area contributed by atoms with E-state index >= 15 is 0 Å². The Bertz CT molecular complexity index is 839. The molecule has 3 aromatic rings. The highest BCUT2D eigenvalue weighted by Crippen LogP contribution is 2.23. The number of hydrogen-bond donors (Lipinski definition) is 1. The van der Waals surface area contributed by atoms with Crippen LogP contribution in [0.15, 0.2) is 59.1 Å². The lowest BCUT2D eigenvalue weighted by Gasteiger charge is -2.04. The molecule has 128 valence electrons. The maximum atomic E-state index is 12.2. The number of carbonyl (C=O) groups excluding carboxylic acids is 1. The van der Waals surface area contributed by atoms with Gasteiger partial charge in [0, 0.05) is 18.2 Å². The van der Waals surface area contributed by atoms with Crippen LogP contribution in [-0.2, 0) is 6.54 Å². The van der Waals surface area contributed by atoms with E-state index in [1.54, 1.807) is 20.3 Å². The van der Waals surface area contributed by atoms with Crippen LogP contribution in [0.5, 0.6) is 11.5 Å². The number of ether oxygens (including phenoxy) is 2. The third-order valence-corrected chi connectivity index (χ3v) is 3.73. The highest BCUT2D eigenvalue weighted by molar-refractivity contribution is 5.93. The van der Waals surface area contributed by atoms with Crippen LogP contribution in [0.3, 0.4) is 0 Å². The molecule has 1 aromatic heterocycles. The van der Waals surface area contributed by atoms with Crippen molar-refractivity contribution in [2.75, 3.05) is 14.2 Å². The second-order valence-electron chi connectivity index (χ2n) is 5.34. The molecule has 3 rings (SSSR count). The summed E-state index contributed by atoms with van der Waals surface area (Å²) in [5, 5.41) is 6.65. The number of carbonyl (C=O) groups is 1. The van der Waals surface area contributed by atoms with Gasteiger partial charge in [-0.15, -0.1) is 0 Å². The molecule has 1 amide bonds. The molecule has 25 heavy (non-hydrogen) atoms. The van der Waals surface area contributed by atoms with E-state index in [0.29, 0.717) is 12.3 Å². The first-order valence-electron chi connectivity index (χ1n) is 7.72. The molecule has 0 aliphatic rings. The lowest BCUT2D eigenvalue weighted by atomic mass is 10.1. The summed E-state index contributed by atoms with van der Waals surface area (Å²) in [5.41, 5.74) is 2.02. The van der Waals surface area contributed by atoms with Gasteiger partial charge in [-0.1, -0.05) is 17.3 Å². The summed E-state index contributed by atoms with van der Waals surface area (Å²) in [6.07, 6.45) is 0. The molecular weight excluding hydrogens is 320 g/mol. The monoisotopic (exact) mass is 338 g/mol. The average Bonchev–Trinajstić information content (AvgIpc) is 3.17. The number of aromatic nitrogens is 1. The predicted molar refractivity (Wildman–Crippen MR) is 92.7 cm³/mol. The molecule has 1 N–H and O–H groups in total.